The summed E-state index contributed by atoms with van der Waals surface area (Å²) in [5, 5.41) is 2.55. The molecule has 1 rings (SSSR count). The van der Waals surface area contributed by atoms with Crippen LogP contribution in [0.3, 0.4) is 0 Å². The molecule has 0 bridgehead atoms. The minimum atomic E-state index is -1.14. The van der Waals surface area contributed by atoms with E-state index in [1.807, 2.05) is 0 Å². The summed E-state index contributed by atoms with van der Waals surface area (Å²) in [6.07, 6.45) is -0.387. The van der Waals surface area contributed by atoms with Gasteiger partial charge in [0, 0.05) is 10.6 Å². The molecule has 0 spiro atoms. The summed E-state index contributed by atoms with van der Waals surface area (Å²) in [6, 6.07) is 2.63. The standard InChI is InChI=1S/C13H15ClFNO3/c1-13(2,3)19-12(18)16-11(7-17)9-6-8(14)4-5-10(9)15/h4-7,11H,1-3H3,(H,16,18). The van der Waals surface area contributed by atoms with Crippen LogP contribution in [-0.4, -0.2) is 18.0 Å². The average Bonchev–Trinajstić information content (AvgIpc) is 2.27. The van der Waals surface area contributed by atoms with Gasteiger partial charge in [0.25, 0.3) is 0 Å². The molecule has 1 unspecified atom stereocenters. The van der Waals surface area contributed by atoms with Crippen molar-refractivity contribution in [3.8, 4) is 0 Å². The van der Waals surface area contributed by atoms with Crippen molar-refractivity contribution in [1.29, 1.82) is 0 Å². The van der Waals surface area contributed by atoms with E-state index in [2.05, 4.69) is 5.32 Å². The lowest BCUT2D eigenvalue weighted by molar-refractivity contribution is -0.109. The molecule has 1 atom stereocenters. The number of amides is 1. The Kier molecular flexibility index (Phi) is 4.89. The van der Waals surface area contributed by atoms with E-state index in [0.717, 1.165) is 6.07 Å². The van der Waals surface area contributed by atoms with E-state index in [1.54, 1.807) is 20.8 Å². The fourth-order valence-corrected chi connectivity index (χ4v) is 1.55. The van der Waals surface area contributed by atoms with Crippen LogP contribution < -0.4 is 5.32 Å². The van der Waals surface area contributed by atoms with Gasteiger partial charge in [0.1, 0.15) is 23.7 Å². The first-order chi connectivity index (χ1) is 8.73. The molecule has 1 N–H and O–H groups in total. The minimum absolute atomic E-state index is 0.00615. The number of alkyl carbamates (subject to hydrolysis) is 1. The normalized spacial score (nSPS) is 12.7. The lowest BCUT2D eigenvalue weighted by atomic mass is 10.1. The monoisotopic (exact) mass is 287 g/mol. The van der Waals surface area contributed by atoms with E-state index in [4.69, 9.17) is 16.3 Å². The molecular weight excluding hydrogens is 273 g/mol. The number of aldehydes is 1. The van der Waals surface area contributed by atoms with Crippen molar-refractivity contribution in [2.75, 3.05) is 0 Å². The summed E-state index contributed by atoms with van der Waals surface area (Å²) >= 11 is 5.73. The number of rotatable bonds is 3. The molecular formula is C13H15ClFNO3. The van der Waals surface area contributed by atoms with Crippen LogP contribution in [0.5, 0.6) is 0 Å². The van der Waals surface area contributed by atoms with Crippen LogP contribution in [0, 0.1) is 5.82 Å². The maximum atomic E-state index is 13.6. The fourth-order valence-electron chi connectivity index (χ4n) is 1.37. The molecule has 104 valence electrons. The van der Waals surface area contributed by atoms with Crippen molar-refractivity contribution < 1.29 is 18.7 Å². The molecule has 0 saturated heterocycles. The molecule has 19 heavy (non-hydrogen) atoms. The van der Waals surface area contributed by atoms with Crippen LogP contribution in [0.2, 0.25) is 5.02 Å². The Bertz CT molecular complexity index is 485. The minimum Gasteiger partial charge on any atom is -0.444 e. The van der Waals surface area contributed by atoms with Crippen LogP contribution in [0.15, 0.2) is 18.2 Å². The van der Waals surface area contributed by atoms with Gasteiger partial charge in [0.05, 0.1) is 0 Å². The number of carbonyl (C=O) groups excluding carboxylic acids is 2. The van der Waals surface area contributed by atoms with Crippen molar-refractivity contribution in [3.05, 3.63) is 34.6 Å². The van der Waals surface area contributed by atoms with Gasteiger partial charge in [-0.15, -0.1) is 0 Å². The molecule has 6 heteroatoms. The Morgan fingerprint density at radius 3 is 2.63 bits per heavy atom. The molecule has 0 aliphatic heterocycles. The lowest BCUT2D eigenvalue weighted by Gasteiger charge is -2.21. The van der Waals surface area contributed by atoms with Crippen LogP contribution in [0.25, 0.3) is 0 Å². The third-order valence-electron chi connectivity index (χ3n) is 2.10. The van der Waals surface area contributed by atoms with Crippen LogP contribution >= 0.6 is 11.6 Å². The Morgan fingerprint density at radius 1 is 1.47 bits per heavy atom. The zero-order chi connectivity index (χ0) is 14.6. The zero-order valence-corrected chi connectivity index (χ0v) is 11.6. The van der Waals surface area contributed by atoms with E-state index in [1.165, 1.54) is 12.1 Å². The zero-order valence-electron chi connectivity index (χ0n) is 10.9. The smallest absolute Gasteiger partial charge is 0.408 e. The highest BCUT2D eigenvalue weighted by molar-refractivity contribution is 6.30. The van der Waals surface area contributed by atoms with Gasteiger partial charge < -0.3 is 14.8 Å². The summed E-state index contributed by atoms with van der Waals surface area (Å²) in [7, 11) is 0. The van der Waals surface area contributed by atoms with E-state index < -0.39 is 23.6 Å². The van der Waals surface area contributed by atoms with Crippen molar-refractivity contribution in [1.82, 2.24) is 5.32 Å². The van der Waals surface area contributed by atoms with Crippen LogP contribution in [-0.2, 0) is 9.53 Å². The van der Waals surface area contributed by atoms with Gasteiger partial charge >= 0.3 is 6.09 Å². The molecule has 1 aromatic carbocycles. The summed E-state index contributed by atoms with van der Waals surface area (Å²) in [6.45, 7) is 5.05. The summed E-state index contributed by atoms with van der Waals surface area (Å²) < 4.78 is 18.6. The highest BCUT2D eigenvalue weighted by atomic mass is 35.5. The second kappa shape index (κ2) is 6.02. The largest absolute Gasteiger partial charge is 0.444 e. The number of halogens is 2. The Labute approximate surface area is 115 Å². The topological polar surface area (TPSA) is 55.4 Å². The number of hydrogen-bond donors (Lipinski definition) is 1. The van der Waals surface area contributed by atoms with Gasteiger partial charge in [-0.1, -0.05) is 11.6 Å². The number of hydrogen-bond acceptors (Lipinski definition) is 3. The highest BCUT2D eigenvalue weighted by Crippen LogP contribution is 2.20. The molecule has 4 nitrogen and oxygen atoms in total. The average molecular weight is 288 g/mol. The number of nitrogens with one attached hydrogen (secondary N) is 1. The van der Waals surface area contributed by atoms with Crippen LogP contribution in [0.1, 0.15) is 32.4 Å². The molecule has 1 amide bonds. The van der Waals surface area contributed by atoms with E-state index in [-0.39, 0.29) is 10.6 Å². The summed E-state index contributed by atoms with van der Waals surface area (Å²) in [4.78, 5) is 22.5. The number of ether oxygens (including phenoxy) is 1. The predicted octanol–water partition coefficient (Wildman–Crippen LogP) is 3.24. The lowest BCUT2D eigenvalue weighted by Crippen LogP contribution is -2.35. The van der Waals surface area contributed by atoms with E-state index >= 15 is 0 Å². The Balaban J connectivity index is 2.87. The molecule has 0 saturated carbocycles. The van der Waals surface area contributed by atoms with Crippen molar-refractivity contribution in [2.24, 2.45) is 0 Å². The fraction of sp³-hybridized carbons (Fsp3) is 0.385. The summed E-state index contributed by atoms with van der Waals surface area (Å²) in [5.41, 5.74) is -0.710. The van der Waals surface area contributed by atoms with Crippen molar-refractivity contribution in [2.45, 2.75) is 32.4 Å². The van der Waals surface area contributed by atoms with Gasteiger partial charge in [-0.25, -0.2) is 9.18 Å². The maximum Gasteiger partial charge on any atom is 0.408 e. The Hall–Kier alpha value is -1.62. The van der Waals surface area contributed by atoms with Gasteiger partial charge in [-0.2, -0.15) is 0 Å². The van der Waals surface area contributed by atoms with Crippen molar-refractivity contribution >= 4 is 24.0 Å². The highest BCUT2D eigenvalue weighted by Gasteiger charge is 2.22. The van der Waals surface area contributed by atoms with E-state index in [0.29, 0.717) is 6.29 Å². The second-order valence-corrected chi connectivity index (χ2v) is 5.36. The molecule has 0 radical (unpaired) electrons. The first-order valence-electron chi connectivity index (χ1n) is 5.62. The second-order valence-electron chi connectivity index (χ2n) is 4.93. The molecule has 0 heterocycles. The van der Waals surface area contributed by atoms with Crippen molar-refractivity contribution in [3.63, 3.8) is 0 Å². The molecule has 0 aliphatic rings. The molecule has 1 aromatic rings. The number of carbonyl (C=O) groups is 2. The van der Waals surface area contributed by atoms with Gasteiger partial charge in [0.2, 0.25) is 0 Å². The van der Waals surface area contributed by atoms with Gasteiger partial charge in [0.15, 0.2) is 0 Å². The third kappa shape index (κ3) is 4.87. The van der Waals surface area contributed by atoms with E-state index in [9.17, 15) is 14.0 Å². The first kappa shape index (κ1) is 15.4. The third-order valence-corrected chi connectivity index (χ3v) is 2.34. The predicted molar refractivity (Wildman–Crippen MR) is 69.6 cm³/mol. The van der Waals surface area contributed by atoms with Crippen LogP contribution in [0.4, 0.5) is 9.18 Å². The summed E-state index contributed by atoms with van der Waals surface area (Å²) in [5.74, 6) is -0.627. The number of benzene rings is 1. The molecule has 0 fully saturated rings. The Morgan fingerprint density at radius 2 is 2.11 bits per heavy atom. The molecule has 0 aromatic heterocycles. The molecule has 0 aliphatic carbocycles. The first-order valence-corrected chi connectivity index (χ1v) is 6.00. The van der Waals surface area contributed by atoms with Gasteiger partial charge in [-0.3, -0.25) is 0 Å². The SMILES string of the molecule is CC(C)(C)OC(=O)NC(C=O)c1cc(Cl)ccc1F. The maximum absolute atomic E-state index is 13.6. The van der Waals surface area contributed by atoms with Gasteiger partial charge in [-0.05, 0) is 39.0 Å². The quantitative estimate of drug-likeness (QED) is 0.868.